The number of halogens is 1. The van der Waals surface area contributed by atoms with E-state index in [2.05, 4.69) is 4.40 Å². The minimum Gasteiger partial charge on any atom is -0.290 e. The summed E-state index contributed by atoms with van der Waals surface area (Å²) >= 11 is 1.10. The molecule has 1 aliphatic heterocycles. The van der Waals surface area contributed by atoms with Gasteiger partial charge in [0.15, 0.2) is 5.17 Å². The number of amides is 1. The van der Waals surface area contributed by atoms with Crippen LogP contribution in [0.4, 0.5) is 4.39 Å². The Morgan fingerprint density at radius 2 is 1.95 bits per heavy atom. The van der Waals surface area contributed by atoms with Crippen molar-refractivity contribution in [1.29, 1.82) is 0 Å². The van der Waals surface area contributed by atoms with E-state index in [1.807, 2.05) is 0 Å². The van der Waals surface area contributed by atoms with E-state index < -0.39 is 15.8 Å². The highest BCUT2D eigenvalue weighted by Gasteiger charge is 2.35. The second kappa shape index (κ2) is 5.53. The Morgan fingerprint density at radius 1 is 1.35 bits per heavy atom. The van der Waals surface area contributed by atoms with Gasteiger partial charge in [0.1, 0.15) is 5.82 Å². The molecule has 1 amide bonds. The van der Waals surface area contributed by atoms with Gasteiger partial charge >= 0.3 is 0 Å². The Bertz CT molecular complexity index is 656. The molecule has 8 heteroatoms. The van der Waals surface area contributed by atoms with Gasteiger partial charge in [0.05, 0.1) is 10.1 Å². The number of amidine groups is 1. The van der Waals surface area contributed by atoms with Crippen molar-refractivity contribution in [2.45, 2.75) is 24.0 Å². The lowest BCUT2D eigenvalue weighted by atomic mass is 10.4. The van der Waals surface area contributed by atoms with Crippen molar-refractivity contribution >= 4 is 32.9 Å². The molecule has 0 spiro atoms. The van der Waals surface area contributed by atoms with E-state index >= 15 is 0 Å². The van der Waals surface area contributed by atoms with Crippen LogP contribution in [-0.2, 0) is 14.8 Å². The summed E-state index contributed by atoms with van der Waals surface area (Å²) in [5.41, 5.74) is 0. The van der Waals surface area contributed by atoms with Crippen LogP contribution in [0.15, 0.2) is 33.6 Å². The fraction of sp³-hybridized carbons (Fsp3) is 0.333. The van der Waals surface area contributed by atoms with Crippen molar-refractivity contribution in [3.05, 3.63) is 30.1 Å². The second-order valence-electron chi connectivity index (χ2n) is 4.15. The summed E-state index contributed by atoms with van der Waals surface area (Å²) in [5, 5.41) is -0.188. The number of carbonyl (C=O) groups is 1. The molecular weight excluding hydrogens is 303 g/mol. The summed E-state index contributed by atoms with van der Waals surface area (Å²) in [7, 11) is -3.94. The first-order valence-electron chi connectivity index (χ1n) is 5.93. The maximum absolute atomic E-state index is 12.8. The van der Waals surface area contributed by atoms with E-state index in [9.17, 15) is 17.6 Å². The highest BCUT2D eigenvalue weighted by atomic mass is 32.2. The van der Waals surface area contributed by atoms with E-state index in [0.29, 0.717) is 6.54 Å². The van der Waals surface area contributed by atoms with E-state index in [1.165, 1.54) is 4.90 Å². The normalized spacial score (nSPS) is 21.8. The van der Waals surface area contributed by atoms with Crippen LogP contribution in [-0.4, -0.2) is 36.2 Å². The van der Waals surface area contributed by atoms with Gasteiger partial charge < -0.3 is 0 Å². The molecule has 1 aliphatic rings. The Morgan fingerprint density at radius 3 is 2.50 bits per heavy atom. The standard InChI is InChI=1S/C12H13FN2O3S2/c1-3-15-11(16)8(2)19-12(15)14-20(17,18)10-6-4-9(13)5-7-10/h4-8H,3H2,1-2H3/t8-/m1/s1. The molecule has 20 heavy (non-hydrogen) atoms. The third-order valence-electron chi connectivity index (χ3n) is 2.75. The maximum atomic E-state index is 12.8. The SMILES string of the molecule is CCN1C(=O)[C@@H](C)SC1=NS(=O)(=O)c1ccc(F)cc1. The minimum atomic E-state index is -3.94. The topological polar surface area (TPSA) is 66.8 Å². The van der Waals surface area contributed by atoms with Crippen molar-refractivity contribution in [2.24, 2.45) is 4.40 Å². The largest absolute Gasteiger partial charge is 0.290 e. The summed E-state index contributed by atoms with van der Waals surface area (Å²) in [6.45, 7) is 3.80. The lowest BCUT2D eigenvalue weighted by Gasteiger charge is -2.12. The number of carbonyl (C=O) groups excluding carboxylic acids is 1. The summed E-state index contributed by atoms with van der Waals surface area (Å²) in [5.74, 6) is -0.684. The zero-order valence-electron chi connectivity index (χ0n) is 10.9. The maximum Gasteiger partial charge on any atom is 0.284 e. The first-order chi connectivity index (χ1) is 9.35. The average Bonchev–Trinajstić information content (AvgIpc) is 2.64. The highest BCUT2D eigenvalue weighted by molar-refractivity contribution is 8.16. The van der Waals surface area contributed by atoms with Crippen molar-refractivity contribution in [3.63, 3.8) is 0 Å². The summed E-state index contributed by atoms with van der Waals surface area (Å²) < 4.78 is 40.7. The zero-order chi connectivity index (χ0) is 14.9. The average molecular weight is 316 g/mol. The summed E-state index contributed by atoms with van der Waals surface area (Å²) in [6, 6.07) is 4.41. The number of nitrogens with zero attached hydrogens (tertiary/aromatic N) is 2. The molecule has 1 heterocycles. The third-order valence-corrected chi connectivity index (χ3v) is 5.23. The number of sulfonamides is 1. The fourth-order valence-electron chi connectivity index (χ4n) is 1.71. The van der Waals surface area contributed by atoms with Crippen LogP contribution in [0.3, 0.4) is 0 Å². The number of hydrogen-bond acceptors (Lipinski definition) is 4. The molecular formula is C12H13FN2O3S2. The van der Waals surface area contributed by atoms with Gasteiger partial charge in [-0.05, 0) is 38.1 Å². The molecule has 0 bridgehead atoms. The van der Waals surface area contributed by atoms with Crippen molar-refractivity contribution in [3.8, 4) is 0 Å². The van der Waals surface area contributed by atoms with Crippen molar-refractivity contribution in [1.82, 2.24) is 4.90 Å². The smallest absolute Gasteiger partial charge is 0.284 e. The Balaban J connectivity index is 2.38. The van der Waals surface area contributed by atoms with Crippen molar-refractivity contribution in [2.75, 3.05) is 6.54 Å². The highest BCUT2D eigenvalue weighted by Crippen LogP contribution is 2.28. The van der Waals surface area contributed by atoms with Gasteiger partial charge in [0.2, 0.25) is 5.91 Å². The molecule has 2 rings (SSSR count). The first kappa shape index (κ1) is 15.0. The van der Waals surface area contributed by atoms with Gasteiger partial charge in [-0.3, -0.25) is 9.69 Å². The van der Waals surface area contributed by atoms with E-state index in [1.54, 1.807) is 13.8 Å². The van der Waals surface area contributed by atoms with Gasteiger partial charge in [-0.2, -0.15) is 8.42 Å². The van der Waals surface area contributed by atoms with E-state index in [0.717, 1.165) is 36.0 Å². The van der Waals surface area contributed by atoms with Crippen LogP contribution in [0.25, 0.3) is 0 Å². The Labute approximate surface area is 120 Å². The number of rotatable bonds is 3. The number of hydrogen-bond donors (Lipinski definition) is 0. The summed E-state index contributed by atoms with van der Waals surface area (Å²) in [6.07, 6.45) is 0. The van der Waals surface area contributed by atoms with Crippen molar-refractivity contribution < 1.29 is 17.6 Å². The van der Waals surface area contributed by atoms with Gasteiger partial charge in [0.25, 0.3) is 10.0 Å². The molecule has 1 saturated heterocycles. The molecule has 0 N–H and O–H groups in total. The minimum absolute atomic E-state index is 0.102. The summed E-state index contributed by atoms with van der Waals surface area (Å²) in [4.78, 5) is 13.0. The zero-order valence-corrected chi connectivity index (χ0v) is 12.5. The predicted molar refractivity (Wildman–Crippen MR) is 75.5 cm³/mol. The van der Waals surface area contributed by atoms with Crippen LogP contribution >= 0.6 is 11.8 Å². The van der Waals surface area contributed by atoms with Gasteiger partial charge in [-0.15, -0.1) is 4.40 Å². The van der Waals surface area contributed by atoms with Crippen LogP contribution in [0.2, 0.25) is 0 Å². The van der Waals surface area contributed by atoms with Gasteiger partial charge in [0, 0.05) is 6.54 Å². The Kier molecular flexibility index (Phi) is 4.14. The lowest BCUT2D eigenvalue weighted by Crippen LogP contribution is -2.31. The van der Waals surface area contributed by atoms with Crippen LogP contribution in [0.5, 0.6) is 0 Å². The van der Waals surface area contributed by atoms with Gasteiger partial charge in [-0.1, -0.05) is 11.8 Å². The Hall–Kier alpha value is -1.41. The molecule has 1 aromatic carbocycles. The number of thioether (sulfide) groups is 1. The second-order valence-corrected chi connectivity index (χ2v) is 7.06. The molecule has 1 fully saturated rings. The number of benzene rings is 1. The molecule has 5 nitrogen and oxygen atoms in total. The van der Waals surface area contributed by atoms with Gasteiger partial charge in [-0.25, -0.2) is 4.39 Å². The predicted octanol–water partition coefficient (Wildman–Crippen LogP) is 1.85. The molecule has 0 unspecified atom stereocenters. The van der Waals surface area contributed by atoms with Crippen LogP contribution in [0, 0.1) is 5.82 Å². The molecule has 108 valence electrons. The molecule has 0 aliphatic carbocycles. The molecule has 0 saturated carbocycles. The monoisotopic (exact) mass is 316 g/mol. The van der Waals surface area contributed by atoms with E-state index in [4.69, 9.17) is 0 Å². The van der Waals surface area contributed by atoms with E-state index in [-0.39, 0.29) is 21.2 Å². The molecule has 1 aromatic rings. The molecule has 1 atom stereocenters. The fourth-order valence-corrected chi connectivity index (χ4v) is 3.96. The molecule has 0 radical (unpaired) electrons. The first-order valence-corrected chi connectivity index (χ1v) is 8.25. The third kappa shape index (κ3) is 2.85. The quantitative estimate of drug-likeness (QED) is 0.853. The van der Waals surface area contributed by atoms with Crippen LogP contribution < -0.4 is 0 Å². The lowest BCUT2D eigenvalue weighted by molar-refractivity contribution is -0.125. The van der Waals surface area contributed by atoms with Crippen LogP contribution in [0.1, 0.15) is 13.8 Å². The molecule has 0 aromatic heterocycles.